The lowest BCUT2D eigenvalue weighted by Gasteiger charge is -2.01. The zero-order chi connectivity index (χ0) is 9.61. The van der Waals surface area contributed by atoms with Gasteiger partial charge in [-0.25, -0.2) is 8.42 Å². The molecule has 0 bridgehead atoms. The average Bonchev–Trinajstić information content (AvgIpc) is 1.85. The van der Waals surface area contributed by atoms with Crippen molar-refractivity contribution < 1.29 is 23.1 Å². The van der Waals surface area contributed by atoms with Crippen LogP contribution < -0.4 is 0 Å². The lowest BCUT2D eigenvalue weighted by atomic mass is 10.8. The minimum Gasteiger partial charge on any atom is -0.465 e. The monoisotopic (exact) mass is 196 g/mol. The van der Waals surface area contributed by atoms with Gasteiger partial charge in [0.1, 0.15) is 6.61 Å². The van der Waals surface area contributed by atoms with E-state index in [1.807, 2.05) is 0 Å². The molecule has 6 heteroatoms. The minimum absolute atomic E-state index is 0.141. The Hall–Kier alpha value is -0.620. The molecule has 12 heavy (non-hydrogen) atoms. The third-order valence-corrected chi connectivity index (χ3v) is 2.70. The summed E-state index contributed by atoms with van der Waals surface area (Å²) >= 11 is 0. The molecular weight excluding hydrogens is 184 g/mol. The van der Waals surface area contributed by atoms with Crippen molar-refractivity contribution in [3.8, 4) is 0 Å². The molecule has 0 aliphatic carbocycles. The first kappa shape index (κ1) is 11.4. The summed E-state index contributed by atoms with van der Waals surface area (Å²) in [5, 5.41) is 8.32. The quantitative estimate of drug-likeness (QED) is 0.568. The summed E-state index contributed by atoms with van der Waals surface area (Å²) in [4.78, 5) is 10.2. The van der Waals surface area contributed by atoms with Gasteiger partial charge < -0.3 is 9.84 Å². The zero-order valence-electron chi connectivity index (χ0n) is 6.82. The molecule has 0 radical (unpaired) electrons. The Morgan fingerprint density at radius 3 is 2.42 bits per heavy atom. The molecule has 0 spiro atoms. The third kappa shape index (κ3) is 6.11. The predicted octanol–water partition coefficient (Wildman–Crippen LogP) is -1.04. The SMILES string of the molecule is CC(=O)OCCS(=O)(=O)CCO. The molecule has 1 N–H and O–H groups in total. The van der Waals surface area contributed by atoms with Gasteiger partial charge in [0.25, 0.3) is 0 Å². The Balaban J connectivity index is 3.69. The van der Waals surface area contributed by atoms with Crippen molar-refractivity contribution in [2.24, 2.45) is 0 Å². The van der Waals surface area contributed by atoms with Crippen molar-refractivity contribution >= 4 is 15.8 Å². The van der Waals surface area contributed by atoms with Gasteiger partial charge in [0.05, 0.1) is 18.1 Å². The maximum absolute atomic E-state index is 10.9. The molecule has 0 aromatic rings. The van der Waals surface area contributed by atoms with Crippen molar-refractivity contribution in [3.63, 3.8) is 0 Å². The van der Waals surface area contributed by atoms with Crippen LogP contribution in [-0.4, -0.2) is 44.2 Å². The van der Waals surface area contributed by atoms with Gasteiger partial charge in [0.15, 0.2) is 9.84 Å². The fourth-order valence-electron chi connectivity index (χ4n) is 0.554. The Morgan fingerprint density at radius 2 is 2.00 bits per heavy atom. The number of hydrogen-bond donors (Lipinski definition) is 1. The molecule has 72 valence electrons. The van der Waals surface area contributed by atoms with E-state index in [4.69, 9.17) is 5.11 Å². The molecule has 0 saturated heterocycles. The first-order valence-corrected chi connectivity index (χ1v) is 5.25. The largest absolute Gasteiger partial charge is 0.465 e. The number of sulfone groups is 1. The highest BCUT2D eigenvalue weighted by Crippen LogP contribution is 1.90. The lowest BCUT2D eigenvalue weighted by Crippen LogP contribution is -2.18. The van der Waals surface area contributed by atoms with Gasteiger partial charge in [-0.05, 0) is 0 Å². The van der Waals surface area contributed by atoms with Crippen molar-refractivity contribution in [3.05, 3.63) is 0 Å². The first-order valence-electron chi connectivity index (χ1n) is 3.42. The van der Waals surface area contributed by atoms with Crippen LogP contribution in [-0.2, 0) is 19.4 Å². The number of ether oxygens (including phenoxy) is 1. The smallest absolute Gasteiger partial charge is 0.302 e. The van der Waals surface area contributed by atoms with Crippen LogP contribution in [0.25, 0.3) is 0 Å². The molecule has 0 saturated carbocycles. The van der Waals surface area contributed by atoms with E-state index >= 15 is 0 Å². The molecule has 0 aromatic carbocycles. The molecule has 0 fully saturated rings. The van der Waals surface area contributed by atoms with E-state index in [0.29, 0.717) is 0 Å². The summed E-state index contributed by atoms with van der Waals surface area (Å²) in [6.07, 6.45) is 0. The average molecular weight is 196 g/mol. The summed E-state index contributed by atoms with van der Waals surface area (Å²) in [7, 11) is -3.25. The number of carbonyl (C=O) groups is 1. The molecule has 0 aliphatic rings. The van der Waals surface area contributed by atoms with E-state index in [1.54, 1.807) is 0 Å². The minimum atomic E-state index is -3.25. The van der Waals surface area contributed by atoms with Crippen molar-refractivity contribution in [1.29, 1.82) is 0 Å². The van der Waals surface area contributed by atoms with E-state index < -0.39 is 22.4 Å². The Morgan fingerprint density at radius 1 is 1.42 bits per heavy atom. The second-order valence-corrected chi connectivity index (χ2v) is 4.52. The maximum Gasteiger partial charge on any atom is 0.302 e. The van der Waals surface area contributed by atoms with Crippen LogP contribution >= 0.6 is 0 Å². The van der Waals surface area contributed by atoms with Gasteiger partial charge >= 0.3 is 5.97 Å². The Kier molecular flexibility index (Phi) is 4.84. The summed E-state index contributed by atoms with van der Waals surface area (Å²) in [6.45, 7) is 0.665. The van der Waals surface area contributed by atoms with Gasteiger partial charge in [-0.3, -0.25) is 4.79 Å². The van der Waals surface area contributed by atoms with E-state index in [1.165, 1.54) is 6.92 Å². The van der Waals surface area contributed by atoms with Crippen LogP contribution in [0.4, 0.5) is 0 Å². The Labute approximate surface area is 71.3 Å². The Bertz CT molecular complexity index is 230. The predicted molar refractivity (Wildman–Crippen MR) is 42.4 cm³/mol. The lowest BCUT2D eigenvalue weighted by molar-refractivity contribution is -0.140. The van der Waals surface area contributed by atoms with Crippen LogP contribution in [0.15, 0.2) is 0 Å². The molecule has 0 aromatic heterocycles. The van der Waals surface area contributed by atoms with Crippen LogP contribution in [0.1, 0.15) is 6.92 Å². The number of esters is 1. The highest BCUT2D eigenvalue weighted by Gasteiger charge is 2.09. The second kappa shape index (κ2) is 5.10. The molecule has 0 atom stereocenters. The normalized spacial score (nSPS) is 11.2. The van der Waals surface area contributed by atoms with Crippen LogP contribution in [0.2, 0.25) is 0 Å². The summed E-state index contributed by atoms with van der Waals surface area (Å²) < 4.78 is 26.1. The van der Waals surface area contributed by atoms with Gasteiger partial charge in [0.2, 0.25) is 0 Å². The molecular formula is C6H12O5S. The first-order chi connectivity index (χ1) is 5.48. The highest BCUT2D eigenvalue weighted by molar-refractivity contribution is 7.91. The molecule has 0 amide bonds. The number of carbonyl (C=O) groups excluding carboxylic acids is 1. The van der Waals surface area contributed by atoms with Gasteiger partial charge in [-0.1, -0.05) is 0 Å². The van der Waals surface area contributed by atoms with E-state index in [0.717, 1.165) is 0 Å². The molecule has 5 nitrogen and oxygen atoms in total. The molecule has 0 unspecified atom stereocenters. The summed E-state index contributed by atoms with van der Waals surface area (Å²) in [5.41, 5.74) is 0. The second-order valence-electron chi connectivity index (χ2n) is 2.22. The van der Waals surface area contributed by atoms with Crippen molar-refractivity contribution in [2.75, 3.05) is 24.7 Å². The third-order valence-electron chi connectivity index (χ3n) is 1.10. The number of aliphatic hydroxyl groups excluding tert-OH is 1. The number of aliphatic hydroxyl groups is 1. The zero-order valence-corrected chi connectivity index (χ0v) is 7.63. The van der Waals surface area contributed by atoms with Gasteiger partial charge in [-0.2, -0.15) is 0 Å². The van der Waals surface area contributed by atoms with Gasteiger partial charge in [0, 0.05) is 6.92 Å². The molecule has 0 aliphatic heterocycles. The van der Waals surface area contributed by atoms with E-state index in [-0.39, 0.29) is 18.1 Å². The van der Waals surface area contributed by atoms with E-state index in [9.17, 15) is 13.2 Å². The van der Waals surface area contributed by atoms with Gasteiger partial charge in [-0.15, -0.1) is 0 Å². The standard InChI is InChI=1S/C6H12O5S/c1-6(8)11-3-5-12(9,10)4-2-7/h7H,2-5H2,1H3. The van der Waals surface area contributed by atoms with Crippen LogP contribution in [0, 0.1) is 0 Å². The fourth-order valence-corrected chi connectivity index (χ4v) is 1.37. The number of rotatable bonds is 5. The van der Waals surface area contributed by atoms with Crippen LogP contribution in [0.3, 0.4) is 0 Å². The summed E-state index contributed by atoms with van der Waals surface area (Å²) in [6, 6.07) is 0. The van der Waals surface area contributed by atoms with Crippen LogP contribution in [0.5, 0.6) is 0 Å². The van der Waals surface area contributed by atoms with Crippen molar-refractivity contribution in [1.82, 2.24) is 0 Å². The topological polar surface area (TPSA) is 80.7 Å². The molecule has 0 heterocycles. The van der Waals surface area contributed by atoms with Crippen molar-refractivity contribution in [2.45, 2.75) is 6.92 Å². The maximum atomic E-state index is 10.9. The summed E-state index contributed by atoms with van der Waals surface area (Å²) in [5.74, 6) is -1.02. The molecule has 0 rings (SSSR count). The van der Waals surface area contributed by atoms with E-state index in [2.05, 4.69) is 4.74 Å². The highest BCUT2D eigenvalue weighted by atomic mass is 32.2. The number of hydrogen-bond acceptors (Lipinski definition) is 5. The fraction of sp³-hybridized carbons (Fsp3) is 0.833.